The Morgan fingerprint density at radius 2 is 2.04 bits per heavy atom. The molecule has 1 aromatic carbocycles. The van der Waals surface area contributed by atoms with E-state index in [9.17, 15) is 9.59 Å². The third kappa shape index (κ3) is 3.77. The van der Waals surface area contributed by atoms with E-state index in [2.05, 4.69) is 4.98 Å². The van der Waals surface area contributed by atoms with Gasteiger partial charge in [-0.25, -0.2) is 4.98 Å². The first-order valence-corrected chi connectivity index (χ1v) is 8.55. The standard InChI is InChI=1S/C19H21N3O4/c1-2-3-11-25-16(23)12-22-18-14(9-10-15(20)21-18)26-17(19(22)24)13-7-5-4-6-8-13/h4-10,17H,2-3,11-12H2,1H3,(H2,20,21). The first kappa shape index (κ1) is 17.7. The van der Waals surface area contributed by atoms with Crippen LogP contribution < -0.4 is 15.4 Å². The number of aromatic nitrogens is 1. The summed E-state index contributed by atoms with van der Waals surface area (Å²) >= 11 is 0. The van der Waals surface area contributed by atoms with Gasteiger partial charge in [0.05, 0.1) is 6.61 Å². The number of anilines is 2. The van der Waals surface area contributed by atoms with Crippen LogP contribution in [0.3, 0.4) is 0 Å². The number of hydrogen-bond acceptors (Lipinski definition) is 6. The molecule has 0 aliphatic carbocycles. The van der Waals surface area contributed by atoms with Crippen molar-refractivity contribution in [2.45, 2.75) is 25.9 Å². The summed E-state index contributed by atoms with van der Waals surface area (Å²) in [5.41, 5.74) is 6.44. The van der Waals surface area contributed by atoms with Gasteiger partial charge in [0.2, 0.25) is 6.10 Å². The van der Waals surface area contributed by atoms with Crippen LogP contribution in [0.4, 0.5) is 11.6 Å². The highest BCUT2D eigenvalue weighted by Crippen LogP contribution is 2.37. The predicted octanol–water partition coefficient (Wildman–Crippen LogP) is 2.47. The molecule has 0 spiro atoms. The molecule has 136 valence electrons. The molecule has 0 radical (unpaired) electrons. The maximum Gasteiger partial charge on any atom is 0.326 e. The number of rotatable bonds is 6. The lowest BCUT2D eigenvalue weighted by atomic mass is 10.1. The number of esters is 1. The molecule has 1 aliphatic rings. The molecule has 7 heteroatoms. The van der Waals surface area contributed by atoms with Crippen LogP contribution in [-0.2, 0) is 14.3 Å². The van der Waals surface area contributed by atoms with Gasteiger partial charge in [-0.15, -0.1) is 0 Å². The minimum Gasteiger partial charge on any atom is -0.472 e. The van der Waals surface area contributed by atoms with Gasteiger partial charge in [-0.3, -0.25) is 14.5 Å². The summed E-state index contributed by atoms with van der Waals surface area (Å²) in [5, 5.41) is 0. The van der Waals surface area contributed by atoms with Crippen molar-refractivity contribution in [2.75, 3.05) is 23.8 Å². The molecule has 0 saturated carbocycles. The fraction of sp³-hybridized carbons (Fsp3) is 0.316. The van der Waals surface area contributed by atoms with E-state index in [-0.39, 0.29) is 24.1 Å². The molecule has 1 unspecified atom stereocenters. The summed E-state index contributed by atoms with van der Waals surface area (Å²) in [7, 11) is 0. The number of unbranched alkanes of at least 4 members (excludes halogenated alkanes) is 1. The first-order chi connectivity index (χ1) is 12.6. The maximum atomic E-state index is 13.0. The number of amides is 1. The van der Waals surface area contributed by atoms with Gasteiger partial charge in [-0.05, 0) is 18.6 Å². The van der Waals surface area contributed by atoms with E-state index >= 15 is 0 Å². The number of carbonyl (C=O) groups is 2. The van der Waals surface area contributed by atoms with E-state index in [1.807, 2.05) is 25.1 Å². The number of pyridine rings is 1. The Balaban J connectivity index is 1.88. The molecule has 1 atom stereocenters. The predicted molar refractivity (Wildman–Crippen MR) is 96.7 cm³/mol. The van der Waals surface area contributed by atoms with Crippen molar-refractivity contribution in [3.8, 4) is 5.75 Å². The largest absolute Gasteiger partial charge is 0.472 e. The SMILES string of the molecule is CCCCOC(=O)CN1C(=O)C(c2ccccc2)Oc2ccc(N)nc21. The van der Waals surface area contributed by atoms with Gasteiger partial charge < -0.3 is 15.2 Å². The highest BCUT2D eigenvalue weighted by atomic mass is 16.5. The van der Waals surface area contributed by atoms with Crippen molar-refractivity contribution in [3.05, 3.63) is 48.0 Å². The molecule has 7 nitrogen and oxygen atoms in total. The van der Waals surface area contributed by atoms with Crippen LogP contribution in [0.1, 0.15) is 31.4 Å². The zero-order valence-electron chi connectivity index (χ0n) is 14.6. The van der Waals surface area contributed by atoms with Crippen LogP contribution in [0, 0.1) is 0 Å². The van der Waals surface area contributed by atoms with Crippen molar-refractivity contribution in [1.82, 2.24) is 4.98 Å². The second-order valence-corrected chi connectivity index (χ2v) is 5.96. The van der Waals surface area contributed by atoms with Gasteiger partial charge in [0, 0.05) is 5.56 Å². The van der Waals surface area contributed by atoms with Crippen molar-refractivity contribution in [2.24, 2.45) is 0 Å². The summed E-state index contributed by atoms with van der Waals surface area (Å²) in [6, 6.07) is 12.4. The summed E-state index contributed by atoms with van der Waals surface area (Å²) in [4.78, 5) is 30.6. The quantitative estimate of drug-likeness (QED) is 0.632. The maximum absolute atomic E-state index is 13.0. The Morgan fingerprint density at radius 3 is 2.77 bits per heavy atom. The number of benzene rings is 1. The molecule has 2 N–H and O–H groups in total. The Bertz CT molecular complexity index is 795. The Morgan fingerprint density at radius 1 is 1.27 bits per heavy atom. The molecular formula is C19H21N3O4. The fourth-order valence-electron chi connectivity index (χ4n) is 2.66. The third-order valence-electron chi connectivity index (χ3n) is 4.00. The topological polar surface area (TPSA) is 94.8 Å². The third-order valence-corrected chi connectivity index (χ3v) is 4.00. The number of ether oxygens (including phenoxy) is 2. The summed E-state index contributed by atoms with van der Waals surface area (Å²) < 4.78 is 11.0. The van der Waals surface area contributed by atoms with Gasteiger partial charge in [-0.1, -0.05) is 43.7 Å². The zero-order chi connectivity index (χ0) is 18.5. The molecule has 2 aromatic rings. The lowest BCUT2D eigenvalue weighted by Gasteiger charge is -2.33. The van der Waals surface area contributed by atoms with Crippen LogP contribution >= 0.6 is 0 Å². The van der Waals surface area contributed by atoms with Gasteiger partial charge in [0.25, 0.3) is 5.91 Å². The number of carbonyl (C=O) groups excluding carboxylic acids is 2. The second-order valence-electron chi connectivity index (χ2n) is 5.96. The van der Waals surface area contributed by atoms with Gasteiger partial charge >= 0.3 is 5.97 Å². The lowest BCUT2D eigenvalue weighted by molar-refractivity contribution is -0.143. The molecule has 0 saturated heterocycles. The smallest absolute Gasteiger partial charge is 0.326 e. The van der Waals surface area contributed by atoms with Crippen molar-refractivity contribution >= 4 is 23.5 Å². The molecular weight excluding hydrogens is 334 g/mol. The molecule has 26 heavy (non-hydrogen) atoms. The van der Waals surface area contributed by atoms with E-state index in [4.69, 9.17) is 15.2 Å². The summed E-state index contributed by atoms with van der Waals surface area (Å²) in [5.74, 6) is -0.00350. The fourth-order valence-corrected chi connectivity index (χ4v) is 2.66. The van der Waals surface area contributed by atoms with Crippen molar-refractivity contribution in [1.29, 1.82) is 0 Å². The molecule has 1 amide bonds. The second kappa shape index (κ2) is 7.86. The van der Waals surface area contributed by atoms with E-state index in [0.717, 1.165) is 12.8 Å². The Kier molecular flexibility index (Phi) is 5.36. The van der Waals surface area contributed by atoms with E-state index in [1.54, 1.807) is 24.3 Å². The number of nitrogens with zero attached hydrogens (tertiary/aromatic N) is 2. The normalized spacial score (nSPS) is 16.0. The molecule has 2 heterocycles. The molecule has 3 rings (SSSR count). The molecule has 1 aliphatic heterocycles. The Hall–Kier alpha value is -3.09. The van der Waals surface area contributed by atoms with Gasteiger partial charge in [0.1, 0.15) is 12.4 Å². The average molecular weight is 355 g/mol. The molecule has 0 bridgehead atoms. The number of nitrogens with two attached hydrogens (primary N) is 1. The minimum absolute atomic E-state index is 0.231. The number of nitrogen functional groups attached to an aromatic ring is 1. The van der Waals surface area contributed by atoms with E-state index in [0.29, 0.717) is 17.9 Å². The van der Waals surface area contributed by atoms with Crippen LogP contribution in [-0.4, -0.2) is 30.0 Å². The summed E-state index contributed by atoms with van der Waals surface area (Å²) in [6.07, 6.45) is 0.843. The van der Waals surface area contributed by atoms with Crippen molar-refractivity contribution < 1.29 is 19.1 Å². The molecule has 1 aromatic heterocycles. The number of hydrogen-bond donors (Lipinski definition) is 1. The highest BCUT2D eigenvalue weighted by molar-refractivity contribution is 6.02. The number of fused-ring (bicyclic) bond motifs is 1. The Labute approximate surface area is 151 Å². The van der Waals surface area contributed by atoms with Gasteiger partial charge in [0.15, 0.2) is 11.6 Å². The average Bonchev–Trinajstić information content (AvgIpc) is 2.65. The lowest BCUT2D eigenvalue weighted by Crippen LogP contribution is -2.44. The van der Waals surface area contributed by atoms with Crippen LogP contribution in [0.5, 0.6) is 5.75 Å². The first-order valence-electron chi connectivity index (χ1n) is 8.55. The highest BCUT2D eigenvalue weighted by Gasteiger charge is 2.37. The monoisotopic (exact) mass is 355 g/mol. The van der Waals surface area contributed by atoms with E-state index < -0.39 is 12.1 Å². The van der Waals surface area contributed by atoms with Crippen molar-refractivity contribution in [3.63, 3.8) is 0 Å². The van der Waals surface area contributed by atoms with Crippen LogP contribution in [0.25, 0.3) is 0 Å². The summed E-state index contributed by atoms with van der Waals surface area (Å²) in [6.45, 7) is 2.10. The van der Waals surface area contributed by atoms with Gasteiger partial charge in [-0.2, -0.15) is 0 Å². The van der Waals surface area contributed by atoms with E-state index in [1.165, 1.54) is 4.90 Å². The molecule has 0 fully saturated rings. The minimum atomic E-state index is -0.849. The van der Waals surface area contributed by atoms with Crippen LogP contribution in [0.2, 0.25) is 0 Å². The zero-order valence-corrected chi connectivity index (χ0v) is 14.6. The van der Waals surface area contributed by atoms with Crippen LogP contribution in [0.15, 0.2) is 42.5 Å².